The molecule has 2 saturated carbocycles. The molecule has 4 nitrogen and oxygen atoms in total. The van der Waals surface area contributed by atoms with Crippen molar-refractivity contribution in [1.29, 1.82) is 0 Å². The van der Waals surface area contributed by atoms with E-state index >= 15 is 0 Å². The molecule has 0 spiro atoms. The maximum absolute atomic E-state index is 13.2. The summed E-state index contributed by atoms with van der Waals surface area (Å²) in [7, 11) is 0. The molecule has 0 aliphatic heterocycles. The van der Waals surface area contributed by atoms with Crippen LogP contribution in [0, 0.1) is 11.7 Å². The molecule has 1 N–H and O–H groups in total. The Balaban J connectivity index is 1.53. The predicted octanol–water partition coefficient (Wildman–Crippen LogP) is 3.88. The second kappa shape index (κ2) is 8.65. The molecule has 0 saturated heterocycles. The van der Waals surface area contributed by atoms with Crippen molar-refractivity contribution in [1.82, 2.24) is 5.32 Å². The van der Waals surface area contributed by atoms with Crippen molar-refractivity contribution < 1.29 is 18.7 Å². The van der Waals surface area contributed by atoms with Crippen LogP contribution in [0.3, 0.4) is 0 Å². The van der Waals surface area contributed by atoms with E-state index in [0.29, 0.717) is 25.3 Å². The van der Waals surface area contributed by atoms with E-state index in [1.165, 1.54) is 31.4 Å². The van der Waals surface area contributed by atoms with Gasteiger partial charge < -0.3 is 10.1 Å². The van der Waals surface area contributed by atoms with Gasteiger partial charge in [-0.3, -0.25) is 9.59 Å². The summed E-state index contributed by atoms with van der Waals surface area (Å²) in [6.07, 6.45) is 9.30. The lowest BCUT2D eigenvalue weighted by Crippen LogP contribution is -2.38. The third-order valence-electron chi connectivity index (χ3n) is 5.89. The van der Waals surface area contributed by atoms with Crippen molar-refractivity contribution in [3.8, 4) is 0 Å². The van der Waals surface area contributed by atoms with Gasteiger partial charge in [0.15, 0.2) is 6.61 Å². The fraction of sp³-hybridized carbons (Fsp3) is 0.619. The van der Waals surface area contributed by atoms with E-state index in [4.69, 9.17) is 4.74 Å². The summed E-state index contributed by atoms with van der Waals surface area (Å²) in [5.41, 5.74) is 0.0428. The molecule has 2 aliphatic rings. The molecular weight excluding hydrogens is 333 g/mol. The molecule has 0 atom stereocenters. The standard InChI is InChI=1S/C21H28FNO3/c22-18-10-8-17(9-11-18)21(12-4-5-13-21)20(25)26-15-19(24)23-14-16-6-2-1-3-7-16/h8-11,16H,1-7,12-15H2,(H,23,24). The van der Waals surface area contributed by atoms with E-state index in [1.807, 2.05) is 0 Å². The van der Waals surface area contributed by atoms with Gasteiger partial charge in [0.2, 0.25) is 0 Å². The lowest BCUT2D eigenvalue weighted by molar-refractivity contribution is -0.154. The summed E-state index contributed by atoms with van der Waals surface area (Å²) in [6, 6.07) is 6.06. The van der Waals surface area contributed by atoms with Gasteiger partial charge in [0.25, 0.3) is 5.91 Å². The molecule has 1 amide bonds. The van der Waals surface area contributed by atoms with Crippen LogP contribution in [0.25, 0.3) is 0 Å². The van der Waals surface area contributed by atoms with Crippen molar-refractivity contribution in [2.24, 2.45) is 5.92 Å². The quantitative estimate of drug-likeness (QED) is 0.783. The van der Waals surface area contributed by atoms with E-state index < -0.39 is 5.41 Å². The van der Waals surface area contributed by atoms with Gasteiger partial charge in [0.05, 0.1) is 5.41 Å². The molecule has 1 aromatic rings. The largest absolute Gasteiger partial charge is 0.455 e. The highest BCUT2D eigenvalue weighted by molar-refractivity contribution is 5.86. The molecule has 0 heterocycles. The fourth-order valence-corrected chi connectivity index (χ4v) is 4.33. The number of carbonyl (C=O) groups is 2. The Morgan fingerprint density at radius 3 is 2.35 bits per heavy atom. The van der Waals surface area contributed by atoms with Crippen molar-refractivity contribution in [3.05, 3.63) is 35.6 Å². The minimum atomic E-state index is -0.739. The Morgan fingerprint density at radius 1 is 1.04 bits per heavy atom. The predicted molar refractivity (Wildman–Crippen MR) is 97.1 cm³/mol. The Bertz CT molecular complexity index is 617. The Labute approximate surface area is 154 Å². The Hall–Kier alpha value is -1.91. The molecule has 5 heteroatoms. The van der Waals surface area contributed by atoms with Crippen LogP contribution < -0.4 is 5.32 Å². The number of hydrogen-bond donors (Lipinski definition) is 1. The van der Waals surface area contributed by atoms with Crippen LogP contribution in [0.5, 0.6) is 0 Å². The number of benzene rings is 1. The van der Waals surface area contributed by atoms with E-state index in [1.54, 1.807) is 12.1 Å². The summed E-state index contributed by atoms with van der Waals surface area (Å²) in [5, 5.41) is 2.89. The highest BCUT2D eigenvalue weighted by Crippen LogP contribution is 2.42. The summed E-state index contributed by atoms with van der Waals surface area (Å²) in [6.45, 7) is 0.425. The maximum atomic E-state index is 13.2. The highest BCUT2D eigenvalue weighted by atomic mass is 19.1. The molecule has 2 aliphatic carbocycles. The van der Waals surface area contributed by atoms with Crippen molar-refractivity contribution in [2.75, 3.05) is 13.2 Å². The molecule has 3 rings (SSSR count). The molecule has 0 aromatic heterocycles. The molecule has 2 fully saturated rings. The van der Waals surface area contributed by atoms with Crippen molar-refractivity contribution in [2.45, 2.75) is 63.2 Å². The van der Waals surface area contributed by atoms with Crippen LogP contribution >= 0.6 is 0 Å². The number of carbonyl (C=O) groups excluding carboxylic acids is 2. The fourth-order valence-electron chi connectivity index (χ4n) is 4.33. The SMILES string of the molecule is O=C(COC(=O)C1(c2ccc(F)cc2)CCCC1)NCC1CCCCC1. The minimum Gasteiger partial charge on any atom is -0.455 e. The van der Waals surface area contributed by atoms with Gasteiger partial charge in [-0.15, -0.1) is 0 Å². The van der Waals surface area contributed by atoms with Crippen LogP contribution in [0.1, 0.15) is 63.4 Å². The lowest BCUT2D eigenvalue weighted by Gasteiger charge is -2.27. The topological polar surface area (TPSA) is 55.4 Å². The number of rotatable bonds is 6. The first kappa shape index (κ1) is 18.9. The van der Waals surface area contributed by atoms with Crippen LogP contribution in [0.15, 0.2) is 24.3 Å². The van der Waals surface area contributed by atoms with Gasteiger partial charge in [-0.25, -0.2) is 4.39 Å². The van der Waals surface area contributed by atoms with E-state index in [0.717, 1.165) is 31.2 Å². The molecular formula is C21H28FNO3. The van der Waals surface area contributed by atoms with Crippen LogP contribution in [-0.4, -0.2) is 25.0 Å². The van der Waals surface area contributed by atoms with Gasteiger partial charge in [-0.05, 0) is 49.3 Å². The van der Waals surface area contributed by atoms with E-state index in [2.05, 4.69) is 5.32 Å². The number of esters is 1. The van der Waals surface area contributed by atoms with Gasteiger partial charge >= 0.3 is 5.97 Å². The normalized spacial score (nSPS) is 19.9. The summed E-state index contributed by atoms with van der Waals surface area (Å²) in [4.78, 5) is 24.8. The number of nitrogens with one attached hydrogen (secondary N) is 1. The van der Waals surface area contributed by atoms with Gasteiger partial charge in [-0.2, -0.15) is 0 Å². The average Bonchev–Trinajstić information content (AvgIpc) is 3.17. The summed E-state index contributed by atoms with van der Waals surface area (Å²) >= 11 is 0. The Kier molecular flexibility index (Phi) is 6.28. The van der Waals surface area contributed by atoms with Crippen molar-refractivity contribution in [3.63, 3.8) is 0 Å². The number of amides is 1. The molecule has 1 aromatic carbocycles. The second-order valence-corrected chi connectivity index (χ2v) is 7.68. The summed E-state index contributed by atoms with van der Waals surface area (Å²) < 4.78 is 18.6. The van der Waals surface area contributed by atoms with E-state index in [-0.39, 0.29) is 24.3 Å². The molecule has 0 bridgehead atoms. The van der Waals surface area contributed by atoms with Crippen LogP contribution in [-0.2, 0) is 19.7 Å². The number of halogens is 1. The summed E-state index contributed by atoms with van der Waals surface area (Å²) in [5.74, 6) is -0.383. The van der Waals surface area contributed by atoms with Crippen LogP contribution in [0.2, 0.25) is 0 Å². The zero-order valence-corrected chi connectivity index (χ0v) is 15.3. The molecule has 0 radical (unpaired) electrons. The first-order valence-corrected chi connectivity index (χ1v) is 9.80. The van der Waals surface area contributed by atoms with Crippen molar-refractivity contribution >= 4 is 11.9 Å². The maximum Gasteiger partial charge on any atom is 0.317 e. The number of hydrogen-bond acceptors (Lipinski definition) is 3. The highest BCUT2D eigenvalue weighted by Gasteiger charge is 2.44. The Morgan fingerprint density at radius 2 is 1.69 bits per heavy atom. The monoisotopic (exact) mass is 361 g/mol. The third kappa shape index (κ3) is 4.43. The first-order valence-electron chi connectivity index (χ1n) is 9.80. The molecule has 26 heavy (non-hydrogen) atoms. The smallest absolute Gasteiger partial charge is 0.317 e. The zero-order chi connectivity index (χ0) is 18.4. The number of ether oxygens (including phenoxy) is 1. The lowest BCUT2D eigenvalue weighted by atomic mass is 9.79. The average molecular weight is 361 g/mol. The third-order valence-corrected chi connectivity index (χ3v) is 5.89. The van der Waals surface area contributed by atoms with Gasteiger partial charge in [-0.1, -0.05) is 44.2 Å². The first-order chi connectivity index (χ1) is 12.6. The van der Waals surface area contributed by atoms with Crippen LogP contribution in [0.4, 0.5) is 4.39 Å². The van der Waals surface area contributed by atoms with Gasteiger partial charge in [0.1, 0.15) is 5.82 Å². The minimum absolute atomic E-state index is 0.240. The van der Waals surface area contributed by atoms with E-state index in [9.17, 15) is 14.0 Å². The molecule has 0 unspecified atom stereocenters. The second-order valence-electron chi connectivity index (χ2n) is 7.68. The van der Waals surface area contributed by atoms with Gasteiger partial charge in [0, 0.05) is 6.54 Å². The molecule has 142 valence electrons. The zero-order valence-electron chi connectivity index (χ0n) is 15.3.